The summed E-state index contributed by atoms with van der Waals surface area (Å²) in [6.45, 7) is 1.01. The Morgan fingerprint density at radius 1 is 0.917 bits per heavy atom. The number of unbranched alkanes of at least 4 members (excludes halogenated alkanes) is 1. The molecule has 0 radical (unpaired) electrons. The van der Waals surface area contributed by atoms with Crippen molar-refractivity contribution in [1.82, 2.24) is 21.3 Å². The number of benzene rings is 1. The van der Waals surface area contributed by atoms with Crippen molar-refractivity contribution in [3.63, 3.8) is 0 Å². The van der Waals surface area contributed by atoms with Gasteiger partial charge in [0.2, 0.25) is 17.7 Å². The Morgan fingerprint density at radius 2 is 1.58 bits per heavy atom. The fourth-order valence-electron chi connectivity index (χ4n) is 4.17. The molecule has 1 saturated carbocycles. The van der Waals surface area contributed by atoms with Crippen LogP contribution in [0.5, 0.6) is 0 Å². The zero-order chi connectivity index (χ0) is 26.2. The average Bonchev–Trinajstić information content (AvgIpc) is 2.89. The van der Waals surface area contributed by atoms with Crippen molar-refractivity contribution in [3.05, 3.63) is 30.3 Å². The van der Waals surface area contributed by atoms with Gasteiger partial charge in [-0.1, -0.05) is 37.5 Å². The molecule has 0 saturated heterocycles. The highest BCUT2D eigenvalue weighted by Crippen LogP contribution is 2.18. The molecule has 0 heterocycles. The van der Waals surface area contributed by atoms with Gasteiger partial charge < -0.3 is 31.7 Å². The fraction of sp³-hybridized carbons (Fsp3) is 0.615. The molecule has 2 unspecified atom stereocenters. The van der Waals surface area contributed by atoms with Gasteiger partial charge in [0.25, 0.3) is 0 Å². The van der Waals surface area contributed by atoms with Crippen molar-refractivity contribution < 1.29 is 24.3 Å². The summed E-state index contributed by atoms with van der Waals surface area (Å²) < 4.78 is 0. The van der Waals surface area contributed by atoms with Crippen molar-refractivity contribution >= 4 is 29.2 Å². The molecule has 1 aliphatic carbocycles. The Morgan fingerprint density at radius 3 is 2.25 bits per heavy atom. The molecular weight excluding hydrogens is 462 g/mol. The molecule has 1 aromatic rings. The van der Waals surface area contributed by atoms with Gasteiger partial charge in [0.15, 0.2) is 0 Å². The van der Waals surface area contributed by atoms with Gasteiger partial charge in [-0.25, -0.2) is 0 Å². The van der Waals surface area contributed by atoms with Crippen molar-refractivity contribution in [2.24, 2.45) is 0 Å². The molecule has 2 rings (SSSR count). The summed E-state index contributed by atoms with van der Waals surface area (Å²) in [5, 5.41) is 23.7. The van der Waals surface area contributed by atoms with Gasteiger partial charge in [-0.2, -0.15) is 0 Å². The lowest BCUT2D eigenvalue weighted by Gasteiger charge is -2.28. The first-order valence-corrected chi connectivity index (χ1v) is 12.9. The number of carbonyl (C=O) groups is 4. The number of amides is 3. The molecule has 200 valence electrons. The third kappa shape index (κ3) is 11.6. The molecule has 1 fully saturated rings. The summed E-state index contributed by atoms with van der Waals surface area (Å²) >= 11 is 0. The summed E-state index contributed by atoms with van der Waals surface area (Å²) in [5.41, 5.74) is 1.06. The summed E-state index contributed by atoms with van der Waals surface area (Å²) in [4.78, 5) is 48.3. The van der Waals surface area contributed by atoms with Gasteiger partial charge >= 0.3 is 0 Å². The number of hydrogen-bond acceptors (Lipinski definition) is 7. The second-order valence-electron chi connectivity index (χ2n) is 9.28. The Hall–Kier alpha value is -2.98. The van der Waals surface area contributed by atoms with Crippen LogP contribution >= 0.6 is 0 Å². The lowest BCUT2D eigenvalue weighted by Crippen LogP contribution is -2.54. The van der Waals surface area contributed by atoms with E-state index < -0.39 is 30.5 Å². The van der Waals surface area contributed by atoms with Crippen LogP contribution in [0, 0.1) is 0 Å². The molecule has 36 heavy (non-hydrogen) atoms. The van der Waals surface area contributed by atoms with E-state index in [0.29, 0.717) is 6.42 Å². The topological polar surface area (TPSA) is 149 Å². The van der Waals surface area contributed by atoms with E-state index in [1.54, 1.807) is 0 Å². The first kappa shape index (κ1) is 29.3. The minimum absolute atomic E-state index is 0.183. The van der Waals surface area contributed by atoms with Crippen molar-refractivity contribution in [3.8, 4) is 0 Å². The van der Waals surface area contributed by atoms with E-state index in [4.69, 9.17) is 0 Å². The average molecular weight is 504 g/mol. The van der Waals surface area contributed by atoms with E-state index in [1.165, 1.54) is 13.3 Å². The van der Waals surface area contributed by atoms with Crippen molar-refractivity contribution in [2.75, 3.05) is 31.6 Å². The lowest BCUT2D eigenvalue weighted by molar-refractivity contribution is -0.131. The Labute approximate surface area is 213 Å². The standard InChI is InChI=1S/C26H41N5O5/c1-19(33)16-28-26(36)23(18-32)31-24(34)17-29-25(35)22(30-21-12-6-3-7-13-21)14-8-9-15-27-20-10-4-2-5-11-20/h2,4-5,10-11,21-23,27,30,32H,3,6-9,12-18H2,1H3,(H,28,36)(H,29,35)(H,31,34). The van der Waals surface area contributed by atoms with Crippen LogP contribution in [0.4, 0.5) is 5.69 Å². The molecule has 6 N–H and O–H groups in total. The predicted octanol–water partition coefficient (Wildman–Crippen LogP) is 0.858. The van der Waals surface area contributed by atoms with Crippen LogP contribution < -0.4 is 26.6 Å². The van der Waals surface area contributed by atoms with Crippen LogP contribution in [-0.4, -0.2) is 73.0 Å². The third-order valence-corrected chi connectivity index (χ3v) is 6.15. The second-order valence-corrected chi connectivity index (χ2v) is 9.28. The Bertz CT molecular complexity index is 829. The third-order valence-electron chi connectivity index (χ3n) is 6.15. The number of ketones is 1. The minimum Gasteiger partial charge on any atom is -0.394 e. The monoisotopic (exact) mass is 503 g/mol. The van der Waals surface area contributed by atoms with Crippen LogP contribution in [-0.2, 0) is 19.2 Å². The van der Waals surface area contributed by atoms with Crippen LogP contribution in [0.2, 0.25) is 0 Å². The minimum atomic E-state index is -1.19. The van der Waals surface area contributed by atoms with E-state index in [9.17, 15) is 24.3 Å². The van der Waals surface area contributed by atoms with Crippen LogP contribution in [0.1, 0.15) is 58.3 Å². The fourth-order valence-corrected chi connectivity index (χ4v) is 4.17. The first-order chi connectivity index (χ1) is 17.4. The number of carbonyl (C=O) groups excluding carboxylic acids is 4. The SMILES string of the molecule is CC(=O)CNC(=O)C(CO)NC(=O)CNC(=O)C(CCCCNc1ccccc1)NC1CCCCC1. The van der Waals surface area contributed by atoms with Gasteiger partial charge in [-0.15, -0.1) is 0 Å². The van der Waals surface area contributed by atoms with Gasteiger partial charge in [-0.05, 0) is 51.2 Å². The van der Waals surface area contributed by atoms with Crippen molar-refractivity contribution in [2.45, 2.75) is 76.4 Å². The number of aliphatic hydroxyl groups excluding tert-OH is 1. The van der Waals surface area contributed by atoms with E-state index in [-0.39, 0.29) is 30.8 Å². The number of aliphatic hydroxyl groups is 1. The number of para-hydroxylation sites is 1. The smallest absolute Gasteiger partial charge is 0.245 e. The molecule has 1 aromatic carbocycles. The molecule has 0 spiro atoms. The Kier molecular flexibility index (Phi) is 13.5. The number of nitrogens with one attached hydrogen (secondary N) is 5. The summed E-state index contributed by atoms with van der Waals surface area (Å²) in [6.07, 6.45) is 7.96. The zero-order valence-corrected chi connectivity index (χ0v) is 21.2. The molecule has 2 atom stereocenters. The Balaban J connectivity index is 1.80. The molecule has 0 aromatic heterocycles. The van der Waals surface area contributed by atoms with E-state index in [0.717, 1.165) is 50.8 Å². The highest BCUT2D eigenvalue weighted by Gasteiger charge is 2.24. The van der Waals surface area contributed by atoms with Crippen molar-refractivity contribution in [1.29, 1.82) is 0 Å². The highest BCUT2D eigenvalue weighted by atomic mass is 16.3. The number of hydrogen-bond donors (Lipinski definition) is 6. The number of anilines is 1. The maximum Gasteiger partial charge on any atom is 0.245 e. The molecule has 10 heteroatoms. The van der Waals surface area contributed by atoms with Gasteiger partial charge in [-0.3, -0.25) is 19.2 Å². The molecule has 1 aliphatic rings. The van der Waals surface area contributed by atoms with Crippen LogP contribution in [0.3, 0.4) is 0 Å². The van der Waals surface area contributed by atoms with E-state index in [2.05, 4.69) is 26.6 Å². The quantitative estimate of drug-likeness (QED) is 0.183. The molecule has 0 bridgehead atoms. The van der Waals surface area contributed by atoms with Gasteiger partial charge in [0.05, 0.1) is 25.7 Å². The maximum atomic E-state index is 12.9. The van der Waals surface area contributed by atoms with Crippen LogP contribution in [0.25, 0.3) is 0 Å². The molecule has 3 amide bonds. The van der Waals surface area contributed by atoms with E-state index in [1.807, 2.05) is 30.3 Å². The second kappa shape index (κ2) is 16.6. The van der Waals surface area contributed by atoms with E-state index >= 15 is 0 Å². The summed E-state index contributed by atoms with van der Waals surface area (Å²) in [7, 11) is 0. The lowest BCUT2D eigenvalue weighted by atomic mass is 9.94. The van der Waals surface area contributed by atoms with Gasteiger partial charge in [0, 0.05) is 18.3 Å². The normalized spacial score (nSPS) is 15.4. The zero-order valence-electron chi connectivity index (χ0n) is 21.2. The first-order valence-electron chi connectivity index (χ1n) is 12.9. The largest absolute Gasteiger partial charge is 0.394 e. The summed E-state index contributed by atoms with van der Waals surface area (Å²) in [6, 6.07) is 8.64. The molecule has 0 aliphatic heterocycles. The van der Waals surface area contributed by atoms with Crippen LogP contribution in [0.15, 0.2) is 30.3 Å². The summed E-state index contributed by atoms with van der Waals surface area (Å²) in [5.74, 6) is -1.75. The highest BCUT2D eigenvalue weighted by molar-refractivity contribution is 5.92. The molecule has 10 nitrogen and oxygen atoms in total. The van der Waals surface area contributed by atoms with Gasteiger partial charge in [0.1, 0.15) is 11.8 Å². The predicted molar refractivity (Wildman–Crippen MR) is 138 cm³/mol. The maximum absolute atomic E-state index is 12.9. The number of rotatable bonds is 16. The number of Topliss-reactive ketones (excluding diaryl/α,β-unsaturated/α-hetero) is 1. The molecular formula is C26H41N5O5.